The molecular formula is C9H8BrN3O. The number of rotatable bonds is 2. The summed E-state index contributed by atoms with van der Waals surface area (Å²) in [5.41, 5.74) is 0. The highest BCUT2D eigenvalue weighted by molar-refractivity contribution is 9.10. The smallest absolute Gasteiger partial charge is 0.340 e. The van der Waals surface area contributed by atoms with E-state index in [0.717, 1.165) is 10.2 Å². The van der Waals surface area contributed by atoms with Gasteiger partial charge >= 0.3 is 6.01 Å². The fraction of sp³-hybridized carbons (Fsp3) is 0.111. The Hall–Kier alpha value is -1.36. The van der Waals surface area contributed by atoms with Gasteiger partial charge in [0.1, 0.15) is 12.1 Å². The SMILES string of the molecule is Cn1cnc(Oc2ccc(Br)cc2)n1. The lowest BCUT2D eigenvalue weighted by molar-refractivity contribution is 0.439. The molecular weight excluding hydrogens is 246 g/mol. The Morgan fingerprint density at radius 1 is 1.29 bits per heavy atom. The van der Waals surface area contributed by atoms with E-state index in [4.69, 9.17) is 4.74 Å². The molecule has 0 spiro atoms. The second-order valence-electron chi connectivity index (χ2n) is 2.76. The molecule has 0 aliphatic rings. The third-order valence-electron chi connectivity index (χ3n) is 1.60. The topological polar surface area (TPSA) is 39.9 Å². The van der Waals surface area contributed by atoms with Crippen molar-refractivity contribution < 1.29 is 4.74 Å². The molecule has 0 atom stereocenters. The van der Waals surface area contributed by atoms with Crippen LogP contribution in [0, 0.1) is 0 Å². The van der Waals surface area contributed by atoms with Gasteiger partial charge in [-0.05, 0) is 24.3 Å². The summed E-state index contributed by atoms with van der Waals surface area (Å²) in [6.45, 7) is 0. The summed E-state index contributed by atoms with van der Waals surface area (Å²) in [6.07, 6.45) is 1.59. The molecule has 2 rings (SSSR count). The van der Waals surface area contributed by atoms with E-state index >= 15 is 0 Å². The van der Waals surface area contributed by atoms with Crippen LogP contribution in [0.5, 0.6) is 11.8 Å². The Labute approximate surface area is 89.7 Å². The van der Waals surface area contributed by atoms with Crippen LogP contribution in [0.2, 0.25) is 0 Å². The molecule has 0 aliphatic heterocycles. The second kappa shape index (κ2) is 3.79. The first kappa shape index (κ1) is 9.21. The summed E-state index contributed by atoms with van der Waals surface area (Å²) in [7, 11) is 1.79. The number of benzene rings is 1. The summed E-state index contributed by atoms with van der Waals surface area (Å²) < 4.78 is 7.99. The van der Waals surface area contributed by atoms with E-state index in [9.17, 15) is 0 Å². The van der Waals surface area contributed by atoms with Crippen molar-refractivity contribution in [1.29, 1.82) is 0 Å². The molecule has 0 fully saturated rings. The van der Waals surface area contributed by atoms with Crippen LogP contribution in [-0.4, -0.2) is 14.8 Å². The molecule has 0 unspecified atom stereocenters. The van der Waals surface area contributed by atoms with Gasteiger partial charge in [-0.2, -0.15) is 4.98 Å². The third kappa shape index (κ3) is 2.11. The maximum atomic E-state index is 5.39. The maximum Gasteiger partial charge on any atom is 0.340 e. The number of hydrogen-bond acceptors (Lipinski definition) is 3. The van der Waals surface area contributed by atoms with E-state index in [0.29, 0.717) is 6.01 Å². The molecule has 1 aromatic heterocycles. The zero-order valence-electron chi connectivity index (χ0n) is 7.51. The Bertz CT molecular complexity index is 424. The Morgan fingerprint density at radius 3 is 2.57 bits per heavy atom. The first-order chi connectivity index (χ1) is 6.74. The molecule has 0 saturated carbocycles. The molecule has 0 amide bonds. The van der Waals surface area contributed by atoms with E-state index < -0.39 is 0 Å². The van der Waals surface area contributed by atoms with Crippen LogP contribution in [0.15, 0.2) is 35.1 Å². The van der Waals surface area contributed by atoms with E-state index in [1.165, 1.54) is 0 Å². The van der Waals surface area contributed by atoms with Crippen molar-refractivity contribution in [3.8, 4) is 11.8 Å². The van der Waals surface area contributed by atoms with E-state index in [1.54, 1.807) is 18.1 Å². The first-order valence-electron chi connectivity index (χ1n) is 4.03. The van der Waals surface area contributed by atoms with Gasteiger partial charge in [0.15, 0.2) is 0 Å². The van der Waals surface area contributed by atoms with Crippen LogP contribution in [0.4, 0.5) is 0 Å². The van der Waals surface area contributed by atoms with Gasteiger partial charge < -0.3 is 4.74 Å². The van der Waals surface area contributed by atoms with Crippen molar-refractivity contribution >= 4 is 15.9 Å². The Balaban J connectivity index is 2.15. The highest BCUT2D eigenvalue weighted by Gasteiger charge is 2.00. The van der Waals surface area contributed by atoms with Crippen molar-refractivity contribution in [3.63, 3.8) is 0 Å². The molecule has 4 nitrogen and oxygen atoms in total. The quantitative estimate of drug-likeness (QED) is 0.825. The lowest BCUT2D eigenvalue weighted by Gasteiger charge is -1.99. The molecule has 0 radical (unpaired) electrons. The summed E-state index contributed by atoms with van der Waals surface area (Å²) in [5, 5.41) is 4.00. The normalized spacial score (nSPS) is 10.1. The summed E-state index contributed by atoms with van der Waals surface area (Å²) in [6, 6.07) is 7.85. The molecule has 0 aliphatic carbocycles. The second-order valence-corrected chi connectivity index (χ2v) is 3.67. The minimum absolute atomic E-state index is 0.356. The van der Waals surface area contributed by atoms with Gasteiger partial charge in [-0.15, -0.1) is 5.10 Å². The minimum atomic E-state index is 0.356. The zero-order valence-corrected chi connectivity index (χ0v) is 9.10. The summed E-state index contributed by atoms with van der Waals surface area (Å²) in [5.74, 6) is 0.722. The van der Waals surface area contributed by atoms with Crippen molar-refractivity contribution in [2.45, 2.75) is 0 Å². The zero-order chi connectivity index (χ0) is 9.97. The molecule has 1 aromatic carbocycles. The van der Waals surface area contributed by atoms with Gasteiger partial charge in [0.05, 0.1) is 0 Å². The average Bonchev–Trinajstić information content (AvgIpc) is 2.56. The molecule has 14 heavy (non-hydrogen) atoms. The molecule has 0 bridgehead atoms. The van der Waals surface area contributed by atoms with Crippen LogP contribution in [-0.2, 0) is 7.05 Å². The van der Waals surface area contributed by atoms with Crippen LogP contribution >= 0.6 is 15.9 Å². The molecule has 0 saturated heterocycles. The van der Waals surface area contributed by atoms with Crippen molar-refractivity contribution in [1.82, 2.24) is 14.8 Å². The monoisotopic (exact) mass is 253 g/mol. The fourth-order valence-corrected chi connectivity index (χ4v) is 1.24. The summed E-state index contributed by atoms with van der Waals surface area (Å²) >= 11 is 3.34. The molecule has 1 heterocycles. The van der Waals surface area contributed by atoms with Crippen molar-refractivity contribution in [3.05, 3.63) is 35.1 Å². The van der Waals surface area contributed by atoms with Crippen LogP contribution < -0.4 is 4.74 Å². The largest absolute Gasteiger partial charge is 0.423 e. The number of ether oxygens (including phenoxy) is 1. The van der Waals surface area contributed by atoms with Gasteiger partial charge in [0, 0.05) is 11.5 Å². The average molecular weight is 254 g/mol. The van der Waals surface area contributed by atoms with Gasteiger partial charge in [-0.3, -0.25) is 4.68 Å². The molecule has 0 N–H and O–H groups in total. The number of aryl methyl sites for hydroxylation is 1. The predicted octanol–water partition coefficient (Wildman–Crippen LogP) is 2.37. The van der Waals surface area contributed by atoms with E-state index in [2.05, 4.69) is 26.0 Å². The van der Waals surface area contributed by atoms with E-state index in [1.807, 2.05) is 24.3 Å². The summed E-state index contributed by atoms with van der Waals surface area (Å²) in [4.78, 5) is 3.95. The Kier molecular flexibility index (Phi) is 2.49. The van der Waals surface area contributed by atoms with E-state index in [-0.39, 0.29) is 0 Å². The maximum absolute atomic E-state index is 5.39. The molecule has 72 valence electrons. The van der Waals surface area contributed by atoms with Gasteiger partial charge in [-0.25, -0.2) is 0 Å². The molecule has 5 heteroatoms. The highest BCUT2D eigenvalue weighted by Crippen LogP contribution is 2.19. The first-order valence-corrected chi connectivity index (χ1v) is 4.82. The highest BCUT2D eigenvalue weighted by atomic mass is 79.9. The lowest BCUT2D eigenvalue weighted by atomic mass is 10.3. The van der Waals surface area contributed by atoms with Crippen LogP contribution in [0.3, 0.4) is 0 Å². The van der Waals surface area contributed by atoms with Gasteiger partial charge in [0.25, 0.3) is 0 Å². The number of aromatic nitrogens is 3. The number of nitrogens with zero attached hydrogens (tertiary/aromatic N) is 3. The van der Waals surface area contributed by atoms with Crippen LogP contribution in [0.25, 0.3) is 0 Å². The van der Waals surface area contributed by atoms with Crippen molar-refractivity contribution in [2.75, 3.05) is 0 Å². The number of halogens is 1. The Morgan fingerprint density at radius 2 is 2.00 bits per heavy atom. The fourth-order valence-electron chi connectivity index (χ4n) is 0.974. The van der Waals surface area contributed by atoms with Crippen molar-refractivity contribution in [2.24, 2.45) is 7.05 Å². The minimum Gasteiger partial charge on any atom is -0.423 e. The van der Waals surface area contributed by atoms with Gasteiger partial charge in [-0.1, -0.05) is 15.9 Å². The predicted molar refractivity (Wildman–Crippen MR) is 55.2 cm³/mol. The lowest BCUT2D eigenvalue weighted by Crippen LogP contribution is -1.89. The standard InChI is InChI=1S/C9H8BrN3O/c1-13-6-11-9(12-13)14-8-4-2-7(10)3-5-8/h2-6H,1H3. The molecule has 2 aromatic rings. The third-order valence-corrected chi connectivity index (χ3v) is 2.13. The van der Waals surface area contributed by atoms with Crippen LogP contribution in [0.1, 0.15) is 0 Å². The van der Waals surface area contributed by atoms with Gasteiger partial charge in [0.2, 0.25) is 0 Å². The number of hydrogen-bond donors (Lipinski definition) is 0.